The summed E-state index contributed by atoms with van der Waals surface area (Å²) in [5.74, 6) is 0.459. The molecule has 0 unspecified atom stereocenters. The van der Waals surface area contributed by atoms with Gasteiger partial charge in [0.15, 0.2) is 5.16 Å². The van der Waals surface area contributed by atoms with E-state index < -0.39 is 0 Å². The number of hydrogen-bond acceptors (Lipinski definition) is 6. The minimum atomic E-state index is -0.112. The van der Waals surface area contributed by atoms with Crippen molar-refractivity contribution in [3.63, 3.8) is 0 Å². The highest BCUT2D eigenvalue weighted by Gasteiger charge is 2.13. The quantitative estimate of drug-likeness (QED) is 0.278. The van der Waals surface area contributed by atoms with Crippen molar-refractivity contribution in [2.24, 2.45) is 0 Å². The van der Waals surface area contributed by atoms with E-state index >= 15 is 0 Å². The molecule has 3 aromatic heterocycles. The summed E-state index contributed by atoms with van der Waals surface area (Å²) in [5.41, 5.74) is 2.90. The number of nitrogens with zero attached hydrogens (tertiary/aromatic N) is 5. The first kappa shape index (κ1) is 23.2. The van der Waals surface area contributed by atoms with Crippen LogP contribution in [0.4, 0.5) is 0 Å². The van der Waals surface area contributed by atoms with E-state index in [2.05, 4.69) is 23.7 Å². The maximum absolute atomic E-state index is 13.3. The standard InChI is InChI=1S/C25H29N5O2S/c1-4-28(5-2)12-8-13-30-24(32)20-9-6-7-10-21(20)27-25(30)33-17-19-16-23(31)29-14-11-18(3)15-22(29)26-19/h6-7,9-11,14-16H,4-5,8,12-13,17H2,1-3H3. The van der Waals surface area contributed by atoms with E-state index in [0.29, 0.717) is 39.7 Å². The normalized spacial score (nSPS) is 11.6. The molecule has 8 heteroatoms. The first-order valence-electron chi connectivity index (χ1n) is 11.3. The second-order valence-corrected chi connectivity index (χ2v) is 9.00. The van der Waals surface area contributed by atoms with Gasteiger partial charge in [-0.15, -0.1) is 0 Å². The summed E-state index contributed by atoms with van der Waals surface area (Å²) in [6.45, 7) is 9.78. The number of rotatable bonds is 9. The Balaban J connectivity index is 1.64. The van der Waals surface area contributed by atoms with E-state index in [1.165, 1.54) is 11.8 Å². The van der Waals surface area contributed by atoms with Gasteiger partial charge in [0.05, 0.1) is 16.6 Å². The molecule has 0 aliphatic heterocycles. The maximum Gasteiger partial charge on any atom is 0.262 e. The first-order valence-corrected chi connectivity index (χ1v) is 12.3. The van der Waals surface area contributed by atoms with Gasteiger partial charge in [0, 0.05) is 24.6 Å². The van der Waals surface area contributed by atoms with E-state index in [-0.39, 0.29) is 11.1 Å². The monoisotopic (exact) mass is 463 g/mol. The summed E-state index contributed by atoms with van der Waals surface area (Å²) in [5, 5.41) is 1.28. The van der Waals surface area contributed by atoms with Crippen LogP contribution in [0.3, 0.4) is 0 Å². The predicted molar refractivity (Wildman–Crippen MR) is 134 cm³/mol. The van der Waals surface area contributed by atoms with Gasteiger partial charge in [-0.2, -0.15) is 0 Å². The van der Waals surface area contributed by atoms with Gasteiger partial charge in [-0.05, 0) is 62.8 Å². The molecular formula is C25H29N5O2S. The third-order valence-electron chi connectivity index (χ3n) is 5.80. The second-order valence-electron chi connectivity index (χ2n) is 8.06. The van der Waals surface area contributed by atoms with Crippen molar-refractivity contribution < 1.29 is 0 Å². The molecule has 0 atom stereocenters. The molecule has 0 aliphatic carbocycles. The zero-order valence-corrected chi connectivity index (χ0v) is 20.1. The van der Waals surface area contributed by atoms with E-state index in [1.54, 1.807) is 21.2 Å². The predicted octanol–water partition coefficient (Wildman–Crippen LogP) is 3.74. The molecule has 0 aliphatic rings. The lowest BCUT2D eigenvalue weighted by Crippen LogP contribution is -2.28. The Morgan fingerprint density at radius 3 is 2.61 bits per heavy atom. The van der Waals surface area contributed by atoms with Crippen LogP contribution in [0.15, 0.2) is 63.4 Å². The molecule has 4 rings (SSSR count). The first-order chi connectivity index (χ1) is 16.0. The molecule has 0 spiro atoms. The zero-order valence-electron chi connectivity index (χ0n) is 19.3. The van der Waals surface area contributed by atoms with Crippen molar-refractivity contribution in [3.8, 4) is 0 Å². The molecule has 172 valence electrons. The molecule has 4 aromatic rings. The van der Waals surface area contributed by atoms with Crippen LogP contribution in [0, 0.1) is 6.92 Å². The van der Waals surface area contributed by atoms with Crippen molar-refractivity contribution in [3.05, 3.63) is 80.6 Å². The Morgan fingerprint density at radius 2 is 1.82 bits per heavy atom. The Labute approximate surface area is 197 Å². The van der Waals surface area contributed by atoms with Crippen molar-refractivity contribution in [1.29, 1.82) is 0 Å². The number of thioether (sulfide) groups is 1. The third-order valence-corrected chi connectivity index (χ3v) is 6.81. The largest absolute Gasteiger partial charge is 0.304 e. The number of para-hydroxylation sites is 1. The second kappa shape index (κ2) is 10.3. The highest BCUT2D eigenvalue weighted by atomic mass is 32.2. The smallest absolute Gasteiger partial charge is 0.262 e. The number of pyridine rings is 1. The molecule has 0 saturated carbocycles. The summed E-state index contributed by atoms with van der Waals surface area (Å²) in [7, 11) is 0. The lowest BCUT2D eigenvalue weighted by atomic mass is 10.2. The molecule has 0 radical (unpaired) electrons. The number of benzene rings is 1. The molecule has 0 saturated heterocycles. The van der Waals surface area contributed by atoms with Gasteiger partial charge in [0.2, 0.25) is 0 Å². The van der Waals surface area contributed by atoms with E-state index in [1.807, 2.05) is 43.3 Å². The fourth-order valence-electron chi connectivity index (χ4n) is 3.91. The zero-order chi connectivity index (χ0) is 23.4. The average Bonchev–Trinajstić information content (AvgIpc) is 2.81. The number of aromatic nitrogens is 4. The molecule has 1 aromatic carbocycles. The van der Waals surface area contributed by atoms with Crippen molar-refractivity contribution in [1.82, 2.24) is 23.8 Å². The molecule has 0 N–H and O–H groups in total. The minimum Gasteiger partial charge on any atom is -0.304 e. The Bertz CT molecular complexity index is 1390. The van der Waals surface area contributed by atoms with Gasteiger partial charge in [-0.25, -0.2) is 9.97 Å². The summed E-state index contributed by atoms with van der Waals surface area (Å²) in [4.78, 5) is 37.6. The Morgan fingerprint density at radius 1 is 1.03 bits per heavy atom. The van der Waals surface area contributed by atoms with Gasteiger partial charge in [0.25, 0.3) is 11.1 Å². The molecule has 0 amide bonds. The third kappa shape index (κ3) is 5.17. The Hall–Kier alpha value is -2.97. The summed E-state index contributed by atoms with van der Waals surface area (Å²) >= 11 is 1.45. The van der Waals surface area contributed by atoms with Crippen LogP contribution in [0.2, 0.25) is 0 Å². The van der Waals surface area contributed by atoms with Gasteiger partial charge < -0.3 is 4.90 Å². The van der Waals surface area contributed by atoms with Crippen LogP contribution >= 0.6 is 11.8 Å². The van der Waals surface area contributed by atoms with Gasteiger partial charge >= 0.3 is 0 Å². The van der Waals surface area contributed by atoms with E-state index in [9.17, 15) is 9.59 Å². The number of fused-ring (bicyclic) bond motifs is 2. The molecule has 7 nitrogen and oxygen atoms in total. The lowest BCUT2D eigenvalue weighted by Gasteiger charge is -2.19. The van der Waals surface area contributed by atoms with Crippen LogP contribution in [0.5, 0.6) is 0 Å². The van der Waals surface area contributed by atoms with Crippen molar-refractivity contribution in [2.75, 3.05) is 19.6 Å². The highest BCUT2D eigenvalue weighted by Crippen LogP contribution is 2.22. The van der Waals surface area contributed by atoms with Crippen molar-refractivity contribution >= 4 is 28.3 Å². The SMILES string of the molecule is CCN(CC)CCCn1c(SCc2cc(=O)n3ccc(C)cc3n2)nc2ccccc2c1=O. The molecular weight excluding hydrogens is 434 g/mol. The fraction of sp³-hybridized carbons (Fsp3) is 0.360. The Kier molecular flexibility index (Phi) is 7.25. The summed E-state index contributed by atoms with van der Waals surface area (Å²) < 4.78 is 3.31. The molecule has 0 bridgehead atoms. The molecule has 33 heavy (non-hydrogen) atoms. The number of hydrogen-bond donors (Lipinski definition) is 0. The van der Waals surface area contributed by atoms with Crippen LogP contribution < -0.4 is 11.1 Å². The molecule has 3 heterocycles. The van der Waals surface area contributed by atoms with E-state index in [0.717, 1.165) is 31.6 Å². The summed E-state index contributed by atoms with van der Waals surface area (Å²) in [6.07, 6.45) is 2.61. The van der Waals surface area contributed by atoms with Crippen LogP contribution in [0.25, 0.3) is 16.6 Å². The molecule has 0 fully saturated rings. The minimum absolute atomic E-state index is 0.0233. The van der Waals surface area contributed by atoms with Crippen LogP contribution in [0.1, 0.15) is 31.5 Å². The fourth-order valence-corrected chi connectivity index (χ4v) is 4.83. The lowest BCUT2D eigenvalue weighted by molar-refractivity contribution is 0.290. The van der Waals surface area contributed by atoms with Gasteiger partial charge in [-0.3, -0.25) is 18.6 Å². The van der Waals surface area contributed by atoms with Gasteiger partial charge in [0.1, 0.15) is 5.65 Å². The highest BCUT2D eigenvalue weighted by molar-refractivity contribution is 7.98. The average molecular weight is 464 g/mol. The summed E-state index contributed by atoms with van der Waals surface area (Å²) in [6, 6.07) is 12.8. The van der Waals surface area contributed by atoms with Crippen molar-refractivity contribution in [2.45, 2.75) is 44.6 Å². The topological polar surface area (TPSA) is 72.5 Å². The maximum atomic E-state index is 13.3. The van der Waals surface area contributed by atoms with E-state index in [4.69, 9.17) is 4.98 Å². The van der Waals surface area contributed by atoms with Crippen LogP contribution in [-0.2, 0) is 12.3 Å². The number of aryl methyl sites for hydroxylation is 1. The van der Waals surface area contributed by atoms with Gasteiger partial charge in [-0.1, -0.05) is 37.7 Å². The van der Waals surface area contributed by atoms with Crippen LogP contribution in [-0.4, -0.2) is 43.5 Å².